The number of carbonyl (C=O) groups excluding carboxylic acids is 1. The fraction of sp³-hybridized carbons (Fsp3) is 0.500. The first-order chi connectivity index (χ1) is 25.8. The summed E-state index contributed by atoms with van der Waals surface area (Å²) in [6, 6.07) is 1.52. The average Bonchev–Trinajstić information content (AvgIpc) is 3.81. The molecule has 54 heavy (non-hydrogen) atoms. The number of hydrogen-bond donors (Lipinski definition) is 2. The minimum Gasteiger partial charge on any atom is -0.465 e. The molecule has 7 heterocycles. The quantitative estimate of drug-likeness (QED) is 0.253. The van der Waals surface area contributed by atoms with E-state index in [4.69, 9.17) is 23.9 Å². The minimum atomic E-state index is -1.00. The van der Waals surface area contributed by atoms with Crippen LogP contribution in [0.2, 0.25) is 0 Å². The van der Waals surface area contributed by atoms with Crippen molar-refractivity contribution in [2.24, 2.45) is 0 Å². The molecule has 4 aliphatic heterocycles. The lowest BCUT2D eigenvalue weighted by atomic mass is 9.93. The number of hydrogen-bond acceptors (Lipinski definition) is 13. The first kappa shape index (κ1) is 36.0. The van der Waals surface area contributed by atoms with Crippen molar-refractivity contribution < 1.29 is 42.4 Å². The Kier molecular flexibility index (Phi) is 9.15. The van der Waals surface area contributed by atoms with Crippen molar-refractivity contribution >= 4 is 55.3 Å². The molecule has 2 bridgehead atoms. The molecule has 4 aliphatic rings. The maximum absolute atomic E-state index is 17.6. The highest BCUT2D eigenvalue weighted by Gasteiger charge is 2.44. The van der Waals surface area contributed by atoms with Crippen LogP contribution < -0.4 is 15.0 Å². The van der Waals surface area contributed by atoms with E-state index in [1.807, 2.05) is 7.05 Å². The van der Waals surface area contributed by atoms with Crippen LogP contribution >= 0.6 is 11.3 Å². The number of carbonyl (C=O) groups is 2. The summed E-state index contributed by atoms with van der Waals surface area (Å²) in [5.74, 6) is -1.14. The van der Waals surface area contributed by atoms with E-state index in [1.54, 1.807) is 20.8 Å². The third-order valence-electron chi connectivity index (χ3n) is 10.1. The zero-order valence-electron chi connectivity index (χ0n) is 30.1. The highest BCUT2D eigenvalue weighted by molar-refractivity contribution is 7.23. The van der Waals surface area contributed by atoms with E-state index in [9.17, 15) is 20.0 Å². The highest BCUT2D eigenvalue weighted by atomic mass is 32.1. The van der Waals surface area contributed by atoms with Crippen LogP contribution in [0.25, 0.3) is 32.2 Å². The van der Waals surface area contributed by atoms with E-state index in [1.165, 1.54) is 4.90 Å². The van der Waals surface area contributed by atoms with Crippen LogP contribution in [-0.4, -0.2) is 112 Å². The molecule has 284 valence electrons. The second kappa shape index (κ2) is 13.7. The number of benzene rings is 1. The number of piperazine rings is 1. The second-order valence-electron chi connectivity index (χ2n) is 14.9. The molecular weight excluding hydrogens is 727 g/mol. The number of carboxylic acid groups (broad SMARTS) is 1. The fourth-order valence-electron chi connectivity index (χ4n) is 7.88. The number of rotatable bonds is 6. The van der Waals surface area contributed by atoms with Gasteiger partial charge in [-0.2, -0.15) is 15.2 Å². The number of anilines is 2. The number of morpholine rings is 1. The molecule has 3 saturated heterocycles. The van der Waals surface area contributed by atoms with Gasteiger partial charge in [-0.1, -0.05) is 0 Å². The molecule has 4 aromatic rings. The number of amides is 2. The van der Waals surface area contributed by atoms with E-state index in [-0.39, 0.29) is 94.5 Å². The van der Waals surface area contributed by atoms with Crippen LogP contribution in [0, 0.1) is 23.0 Å². The van der Waals surface area contributed by atoms with Gasteiger partial charge in [0.25, 0.3) is 0 Å². The second-order valence-corrected chi connectivity index (χ2v) is 16.0. The number of thiophene rings is 1. The van der Waals surface area contributed by atoms with Crippen molar-refractivity contribution in [2.75, 3.05) is 56.7 Å². The summed E-state index contributed by atoms with van der Waals surface area (Å²) in [6.07, 6.45) is 0.260. The van der Waals surface area contributed by atoms with E-state index >= 15 is 8.78 Å². The lowest BCUT2D eigenvalue weighted by Gasteiger charge is -2.41. The Morgan fingerprint density at radius 2 is 1.87 bits per heavy atom. The molecule has 0 aliphatic carbocycles. The summed E-state index contributed by atoms with van der Waals surface area (Å²) in [4.78, 5) is 44.2. The van der Waals surface area contributed by atoms with Crippen molar-refractivity contribution in [1.29, 1.82) is 5.26 Å². The Morgan fingerprint density at radius 1 is 1.13 bits per heavy atom. The van der Waals surface area contributed by atoms with Gasteiger partial charge in [0, 0.05) is 49.2 Å². The van der Waals surface area contributed by atoms with E-state index in [0.717, 1.165) is 24.1 Å². The summed E-state index contributed by atoms with van der Waals surface area (Å²) in [5, 5.41) is 23.2. The van der Waals surface area contributed by atoms with Gasteiger partial charge in [-0.05, 0) is 51.8 Å². The van der Waals surface area contributed by atoms with Crippen LogP contribution in [-0.2, 0) is 27.4 Å². The van der Waals surface area contributed by atoms with Crippen molar-refractivity contribution in [3.63, 3.8) is 0 Å². The predicted molar refractivity (Wildman–Crippen MR) is 193 cm³/mol. The number of fused-ring (bicyclic) bond motifs is 6. The molecule has 0 radical (unpaired) electrons. The number of likely N-dealkylation sites (tertiary alicyclic amines) is 1. The third kappa shape index (κ3) is 6.38. The van der Waals surface area contributed by atoms with E-state index in [0.29, 0.717) is 48.3 Å². The summed E-state index contributed by atoms with van der Waals surface area (Å²) in [6.45, 7) is 7.64. The van der Waals surface area contributed by atoms with Gasteiger partial charge < -0.3 is 38.8 Å². The number of pyridine rings is 1. The van der Waals surface area contributed by atoms with Crippen molar-refractivity contribution in [1.82, 2.24) is 24.8 Å². The smallest absolute Gasteiger partial charge is 0.412 e. The molecular formula is C36H38F2N8O7S. The van der Waals surface area contributed by atoms with Gasteiger partial charge in [0.05, 0.1) is 47.4 Å². The third-order valence-corrected chi connectivity index (χ3v) is 11.2. The van der Waals surface area contributed by atoms with Crippen molar-refractivity contribution in [3.05, 3.63) is 34.5 Å². The number of aromatic nitrogens is 3. The molecule has 0 spiro atoms. The lowest BCUT2D eigenvalue weighted by Crippen LogP contribution is -2.55. The van der Waals surface area contributed by atoms with Crippen molar-refractivity contribution in [2.45, 2.75) is 70.6 Å². The molecule has 3 atom stereocenters. The molecule has 3 fully saturated rings. The zero-order chi connectivity index (χ0) is 38.1. The molecule has 2 N–H and O–H groups in total. The van der Waals surface area contributed by atoms with E-state index < -0.39 is 29.4 Å². The van der Waals surface area contributed by atoms with Gasteiger partial charge in [-0.25, -0.2) is 18.4 Å². The Balaban J connectivity index is 1.31. The zero-order valence-corrected chi connectivity index (χ0v) is 30.9. The van der Waals surface area contributed by atoms with Gasteiger partial charge in [0.1, 0.15) is 40.7 Å². The first-order valence-electron chi connectivity index (χ1n) is 17.6. The Hall–Kier alpha value is -4.96. The first-order valence-corrected chi connectivity index (χ1v) is 18.5. The highest BCUT2D eigenvalue weighted by Crippen LogP contribution is 2.48. The average molecular weight is 765 g/mol. The summed E-state index contributed by atoms with van der Waals surface area (Å²) in [7, 11) is 1.98. The number of ether oxygens (including phenoxy) is 4. The maximum atomic E-state index is 17.6. The molecule has 8 rings (SSSR count). The standard InChI is InChI=1S/C36H38F2N8O7S/c1-36(2,3)53-34(47)43-32-20(9-39)25-28(40-10-23(37)30(25)54-32)24-21-15-50-16-22(21)26-29(27(24)38)41-33(52-14-19-13-44(4)7-8-51-19)42-31(26)46-17-5-6-18(46)12-45(11-17)35(48)49/h10,17-19H,5-8,11-16H2,1-4H3,(H,43,47)(H,48,49)/t17?,18?,19-/m1/s1. The van der Waals surface area contributed by atoms with Gasteiger partial charge in [-0.15, -0.1) is 11.3 Å². The molecule has 18 heteroatoms. The Morgan fingerprint density at radius 3 is 2.56 bits per heavy atom. The predicted octanol–water partition coefficient (Wildman–Crippen LogP) is 5.47. The minimum absolute atomic E-state index is 0.00695. The lowest BCUT2D eigenvalue weighted by molar-refractivity contribution is -0.0416. The monoisotopic (exact) mass is 764 g/mol. The maximum Gasteiger partial charge on any atom is 0.412 e. The fourth-order valence-corrected chi connectivity index (χ4v) is 8.92. The number of nitrogens with zero attached hydrogens (tertiary/aromatic N) is 7. The number of nitrogens with one attached hydrogen (secondary N) is 1. The molecule has 2 amide bonds. The Bertz CT molecular complexity index is 2230. The van der Waals surface area contributed by atoms with Gasteiger partial charge in [0.15, 0.2) is 11.6 Å². The van der Waals surface area contributed by atoms with Crippen LogP contribution in [0.4, 0.5) is 29.2 Å². The largest absolute Gasteiger partial charge is 0.465 e. The van der Waals surface area contributed by atoms with E-state index in [2.05, 4.69) is 31.2 Å². The molecule has 1 aromatic carbocycles. The van der Waals surface area contributed by atoms with Crippen LogP contribution in [0.3, 0.4) is 0 Å². The summed E-state index contributed by atoms with van der Waals surface area (Å²) >= 11 is 0.818. The van der Waals surface area contributed by atoms with Gasteiger partial charge in [-0.3, -0.25) is 10.3 Å². The summed E-state index contributed by atoms with van der Waals surface area (Å²) in [5.41, 5.74) is -0.0408. The number of halogens is 2. The number of likely N-dealkylation sites (N-methyl/N-ethyl adjacent to an activating group) is 1. The van der Waals surface area contributed by atoms with Gasteiger partial charge >= 0.3 is 18.2 Å². The Labute approximate surface area is 312 Å². The van der Waals surface area contributed by atoms with Gasteiger partial charge in [0.2, 0.25) is 0 Å². The molecule has 0 saturated carbocycles. The SMILES string of the molecule is CN1CCO[C@@H](COc2nc(N3C4CCC3CN(C(=O)O)C4)c3c4c(c(-c5ncc(F)c6sc(NC(=O)OC(C)(C)C)c(C#N)c56)c(F)c3n2)COC4)C1. The summed E-state index contributed by atoms with van der Waals surface area (Å²) < 4.78 is 56.4. The number of nitriles is 1. The van der Waals surface area contributed by atoms with Crippen LogP contribution in [0.15, 0.2) is 6.20 Å². The normalized spacial score (nSPS) is 21.4. The molecule has 2 unspecified atom stereocenters. The van der Waals surface area contributed by atoms with Crippen LogP contribution in [0.1, 0.15) is 50.3 Å². The molecule has 15 nitrogen and oxygen atoms in total. The molecule has 3 aromatic heterocycles. The van der Waals surface area contributed by atoms with Crippen LogP contribution in [0.5, 0.6) is 6.01 Å². The van der Waals surface area contributed by atoms with Crippen molar-refractivity contribution in [3.8, 4) is 23.3 Å². The topological polar surface area (TPSA) is 175 Å².